The van der Waals surface area contributed by atoms with Crippen LogP contribution in [0, 0.1) is 13.8 Å². The van der Waals surface area contributed by atoms with Crippen LogP contribution in [0.15, 0.2) is 12.1 Å². The number of carbonyl (C=O) groups excluding carboxylic acids is 1. The van der Waals surface area contributed by atoms with Crippen molar-refractivity contribution in [2.24, 2.45) is 0 Å². The normalized spacial score (nSPS) is 12.2. The van der Waals surface area contributed by atoms with Crippen LogP contribution in [0.3, 0.4) is 0 Å². The predicted molar refractivity (Wildman–Crippen MR) is 64.6 cm³/mol. The van der Waals surface area contributed by atoms with Crippen molar-refractivity contribution in [1.29, 1.82) is 0 Å². The van der Waals surface area contributed by atoms with Gasteiger partial charge < -0.3 is 10.6 Å². The fraction of sp³-hybridized carbons (Fsp3) is 0.500. The lowest BCUT2D eigenvalue weighted by Gasteiger charge is -2.12. The molecule has 1 aromatic heterocycles. The van der Waals surface area contributed by atoms with Gasteiger partial charge in [0.15, 0.2) is 0 Å². The maximum Gasteiger partial charge on any atom is 0.253 e. The van der Waals surface area contributed by atoms with Gasteiger partial charge in [0.1, 0.15) is 0 Å². The molecule has 0 fully saturated rings. The smallest absolute Gasteiger partial charge is 0.253 e. The highest BCUT2D eigenvalue weighted by molar-refractivity contribution is 5.95. The largest absolute Gasteiger partial charge is 0.350 e. The zero-order valence-corrected chi connectivity index (χ0v) is 10.3. The van der Waals surface area contributed by atoms with Crippen molar-refractivity contribution in [2.75, 3.05) is 13.6 Å². The lowest BCUT2D eigenvalue weighted by Crippen LogP contribution is -2.37. The van der Waals surface area contributed by atoms with E-state index in [9.17, 15) is 4.79 Å². The molecule has 0 spiro atoms. The molecule has 1 amide bonds. The van der Waals surface area contributed by atoms with Gasteiger partial charge >= 0.3 is 0 Å². The van der Waals surface area contributed by atoms with Gasteiger partial charge in [0, 0.05) is 18.3 Å². The molecule has 0 aliphatic rings. The molecule has 0 bridgehead atoms. The van der Waals surface area contributed by atoms with E-state index >= 15 is 0 Å². The number of nitrogens with one attached hydrogen (secondary N) is 2. The highest BCUT2D eigenvalue weighted by Gasteiger charge is 2.10. The van der Waals surface area contributed by atoms with Crippen molar-refractivity contribution in [3.05, 3.63) is 29.1 Å². The van der Waals surface area contributed by atoms with Crippen LogP contribution >= 0.6 is 0 Å². The van der Waals surface area contributed by atoms with Crippen LogP contribution in [0.4, 0.5) is 0 Å². The molecular formula is C12H19N3O. The summed E-state index contributed by atoms with van der Waals surface area (Å²) in [5.41, 5.74) is 2.35. The van der Waals surface area contributed by atoms with Crippen LogP contribution in [0.5, 0.6) is 0 Å². The zero-order valence-electron chi connectivity index (χ0n) is 10.3. The van der Waals surface area contributed by atoms with E-state index in [-0.39, 0.29) is 11.9 Å². The third kappa shape index (κ3) is 3.31. The molecule has 1 atom stereocenters. The summed E-state index contributed by atoms with van der Waals surface area (Å²) in [5, 5.41) is 5.93. The van der Waals surface area contributed by atoms with E-state index in [2.05, 4.69) is 15.6 Å². The Morgan fingerprint density at radius 2 is 2.12 bits per heavy atom. The number of hydrogen-bond acceptors (Lipinski definition) is 3. The number of aryl methyl sites for hydroxylation is 2. The van der Waals surface area contributed by atoms with Crippen LogP contribution in [-0.2, 0) is 0 Å². The van der Waals surface area contributed by atoms with E-state index in [1.54, 1.807) is 0 Å². The van der Waals surface area contributed by atoms with E-state index in [0.717, 1.165) is 11.4 Å². The maximum atomic E-state index is 11.8. The molecule has 1 aromatic rings. The minimum Gasteiger partial charge on any atom is -0.350 e. The second kappa shape index (κ2) is 5.61. The average molecular weight is 221 g/mol. The Kier molecular flexibility index (Phi) is 4.43. The van der Waals surface area contributed by atoms with Crippen LogP contribution in [-0.4, -0.2) is 30.5 Å². The van der Waals surface area contributed by atoms with Gasteiger partial charge in [-0.1, -0.05) is 0 Å². The maximum absolute atomic E-state index is 11.8. The SMILES string of the molecule is CNC(C)CNC(=O)c1ccc(C)nc1C. The minimum atomic E-state index is -0.0629. The Morgan fingerprint density at radius 3 is 2.69 bits per heavy atom. The fourth-order valence-corrected chi connectivity index (χ4v) is 1.37. The van der Waals surface area contributed by atoms with Crippen molar-refractivity contribution in [1.82, 2.24) is 15.6 Å². The molecule has 1 heterocycles. The summed E-state index contributed by atoms with van der Waals surface area (Å²) >= 11 is 0. The molecule has 0 aromatic carbocycles. The number of rotatable bonds is 4. The Bertz CT molecular complexity index is 377. The van der Waals surface area contributed by atoms with Crippen molar-refractivity contribution in [3.63, 3.8) is 0 Å². The molecule has 88 valence electrons. The van der Waals surface area contributed by atoms with Gasteiger partial charge in [-0.2, -0.15) is 0 Å². The second-order valence-corrected chi connectivity index (χ2v) is 3.99. The van der Waals surface area contributed by atoms with Gasteiger partial charge in [-0.25, -0.2) is 0 Å². The van der Waals surface area contributed by atoms with E-state index in [1.165, 1.54) is 0 Å². The summed E-state index contributed by atoms with van der Waals surface area (Å²) in [6.45, 7) is 6.39. The van der Waals surface area contributed by atoms with Gasteiger partial charge in [0.2, 0.25) is 0 Å². The number of aromatic nitrogens is 1. The molecule has 0 saturated carbocycles. The zero-order chi connectivity index (χ0) is 12.1. The quantitative estimate of drug-likeness (QED) is 0.798. The van der Waals surface area contributed by atoms with E-state index in [0.29, 0.717) is 12.1 Å². The second-order valence-electron chi connectivity index (χ2n) is 3.99. The fourth-order valence-electron chi connectivity index (χ4n) is 1.37. The number of nitrogens with zero attached hydrogens (tertiary/aromatic N) is 1. The van der Waals surface area contributed by atoms with Gasteiger partial charge in [0.25, 0.3) is 5.91 Å². The highest BCUT2D eigenvalue weighted by Crippen LogP contribution is 2.05. The summed E-state index contributed by atoms with van der Waals surface area (Å²) in [7, 11) is 1.87. The molecule has 4 heteroatoms. The van der Waals surface area contributed by atoms with Crippen LogP contribution in [0.25, 0.3) is 0 Å². The molecular weight excluding hydrogens is 202 g/mol. The molecule has 1 unspecified atom stereocenters. The summed E-state index contributed by atoms with van der Waals surface area (Å²) in [6, 6.07) is 3.93. The average Bonchev–Trinajstić information content (AvgIpc) is 2.25. The van der Waals surface area contributed by atoms with E-state index in [4.69, 9.17) is 0 Å². The summed E-state index contributed by atoms with van der Waals surface area (Å²) in [4.78, 5) is 16.1. The first kappa shape index (κ1) is 12.6. The van der Waals surface area contributed by atoms with E-state index < -0.39 is 0 Å². The van der Waals surface area contributed by atoms with Gasteiger partial charge in [-0.05, 0) is 40.0 Å². The first-order valence-corrected chi connectivity index (χ1v) is 5.44. The summed E-state index contributed by atoms with van der Waals surface area (Å²) < 4.78 is 0. The highest BCUT2D eigenvalue weighted by atomic mass is 16.1. The molecule has 0 aliphatic heterocycles. The van der Waals surface area contributed by atoms with Crippen molar-refractivity contribution < 1.29 is 4.79 Å². The third-order valence-corrected chi connectivity index (χ3v) is 2.53. The first-order chi connectivity index (χ1) is 7.54. The topological polar surface area (TPSA) is 54.0 Å². The molecule has 4 nitrogen and oxygen atoms in total. The lowest BCUT2D eigenvalue weighted by molar-refractivity contribution is 0.0949. The number of pyridine rings is 1. The van der Waals surface area contributed by atoms with Crippen molar-refractivity contribution >= 4 is 5.91 Å². The van der Waals surface area contributed by atoms with Gasteiger partial charge in [0.05, 0.1) is 11.3 Å². The molecule has 0 radical (unpaired) electrons. The van der Waals surface area contributed by atoms with Crippen LogP contribution in [0.1, 0.15) is 28.7 Å². The third-order valence-electron chi connectivity index (χ3n) is 2.53. The predicted octanol–water partition coefficient (Wildman–Crippen LogP) is 1.04. The minimum absolute atomic E-state index is 0.0629. The molecule has 0 aliphatic carbocycles. The Morgan fingerprint density at radius 1 is 1.44 bits per heavy atom. The molecule has 2 N–H and O–H groups in total. The van der Waals surface area contributed by atoms with E-state index in [1.807, 2.05) is 40.0 Å². The Balaban J connectivity index is 2.66. The monoisotopic (exact) mass is 221 g/mol. The number of likely N-dealkylation sites (N-methyl/N-ethyl adjacent to an activating group) is 1. The number of amides is 1. The standard InChI is InChI=1S/C12H19N3O/c1-8-5-6-11(10(3)15-8)12(16)14-7-9(2)13-4/h5-6,9,13H,7H2,1-4H3,(H,14,16). The first-order valence-electron chi connectivity index (χ1n) is 5.44. The molecule has 0 saturated heterocycles. The van der Waals surface area contributed by atoms with Gasteiger partial charge in [-0.15, -0.1) is 0 Å². The summed E-state index contributed by atoms with van der Waals surface area (Å²) in [6.07, 6.45) is 0. The van der Waals surface area contributed by atoms with Crippen molar-refractivity contribution in [2.45, 2.75) is 26.8 Å². The summed E-state index contributed by atoms with van der Waals surface area (Å²) in [5.74, 6) is -0.0629. The molecule has 1 rings (SSSR count). The Hall–Kier alpha value is -1.42. The van der Waals surface area contributed by atoms with Gasteiger partial charge in [-0.3, -0.25) is 9.78 Å². The van der Waals surface area contributed by atoms with Crippen LogP contribution < -0.4 is 10.6 Å². The number of carbonyl (C=O) groups is 1. The number of hydrogen-bond donors (Lipinski definition) is 2. The van der Waals surface area contributed by atoms with Crippen LogP contribution in [0.2, 0.25) is 0 Å². The molecule has 16 heavy (non-hydrogen) atoms. The Labute approximate surface area is 96.5 Å². The van der Waals surface area contributed by atoms with Crippen molar-refractivity contribution in [3.8, 4) is 0 Å². The lowest BCUT2D eigenvalue weighted by atomic mass is 10.1.